The number of carbonyl (C=O) groups excluding carboxylic acids is 3. The Morgan fingerprint density at radius 2 is 0.629 bits per heavy atom. The molecule has 6 heteroatoms. The minimum absolute atomic E-state index is 0.0841. The summed E-state index contributed by atoms with van der Waals surface area (Å²) in [6.07, 6.45) is 63.0. The molecule has 0 amide bonds. The monoisotopic (exact) mass is 865 g/mol. The van der Waals surface area contributed by atoms with Crippen LogP contribution < -0.4 is 0 Å². The van der Waals surface area contributed by atoms with Crippen LogP contribution in [0.5, 0.6) is 0 Å². The Bertz CT molecular complexity index is 1180. The lowest BCUT2D eigenvalue weighted by molar-refractivity contribution is -0.167. The highest BCUT2D eigenvalue weighted by Gasteiger charge is 2.19. The first kappa shape index (κ1) is 58.9. The standard InChI is InChI=1S/C56H96O6/c1-4-7-10-13-16-19-22-24-26-27-28-30-31-34-37-40-43-46-49-55(58)61-52-53(51-60-54(57)48-45-42-39-36-33-21-18-15-12-9-6-3)62-56(59)50-47-44-41-38-35-32-29-25-23-20-17-14-11-8-5-2/h10,13,16,19-20,22-24,26-28,30,53H,4-9,11-12,14-15,17-18,21,25,29,31-52H2,1-3H3/b13-10-,19-16-,23-20-,24-22-,27-26-,30-28-. The first-order valence-corrected chi connectivity index (χ1v) is 26.0. The highest BCUT2D eigenvalue weighted by Crippen LogP contribution is 2.15. The van der Waals surface area contributed by atoms with Gasteiger partial charge in [0.25, 0.3) is 0 Å². The fourth-order valence-corrected chi connectivity index (χ4v) is 7.11. The molecule has 1 unspecified atom stereocenters. The van der Waals surface area contributed by atoms with Crippen molar-refractivity contribution in [1.29, 1.82) is 0 Å². The van der Waals surface area contributed by atoms with E-state index in [0.717, 1.165) is 83.5 Å². The molecule has 0 aliphatic heterocycles. The van der Waals surface area contributed by atoms with E-state index >= 15 is 0 Å². The smallest absolute Gasteiger partial charge is 0.306 e. The van der Waals surface area contributed by atoms with Gasteiger partial charge in [-0.3, -0.25) is 14.4 Å². The predicted octanol–water partition coefficient (Wildman–Crippen LogP) is 17.0. The molecule has 0 aromatic rings. The molecule has 0 saturated carbocycles. The van der Waals surface area contributed by atoms with Gasteiger partial charge in [0.05, 0.1) is 0 Å². The Morgan fingerprint density at radius 3 is 1.03 bits per heavy atom. The van der Waals surface area contributed by atoms with Crippen molar-refractivity contribution in [1.82, 2.24) is 0 Å². The van der Waals surface area contributed by atoms with Gasteiger partial charge >= 0.3 is 17.9 Å². The molecule has 0 aliphatic carbocycles. The zero-order chi connectivity index (χ0) is 45.1. The van der Waals surface area contributed by atoms with Crippen LogP contribution in [0.3, 0.4) is 0 Å². The van der Waals surface area contributed by atoms with E-state index in [1.807, 2.05) is 24.3 Å². The Morgan fingerprint density at radius 1 is 0.323 bits per heavy atom. The average molecular weight is 865 g/mol. The van der Waals surface area contributed by atoms with Crippen LogP contribution in [0.15, 0.2) is 72.9 Å². The number of hydrogen-bond donors (Lipinski definition) is 0. The number of unbranched alkanes of at least 4 members (excludes halogenated alkanes) is 27. The van der Waals surface area contributed by atoms with Gasteiger partial charge in [-0.25, -0.2) is 0 Å². The van der Waals surface area contributed by atoms with Crippen LogP contribution in [-0.2, 0) is 28.6 Å². The van der Waals surface area contributed by atoms with E-state index in [1.165, 1.54) is 122 Å². The molecule has 62 heavy (non-hydrogen) atoms. The molecule has 0 spiro atoms. The summed E-state index contributed by atoms with van der Waals surface area (Å²) in [6, 6.07) is 0. The average Bonchev–Trinajstić information content (AvgIpc) is 3.27. The van der Waals surface area contributed by atoms with E-state index in [9.17, 15) is 14.4 Å². The third-order valence-electron chi connectivity index (χ3n) is 11.0. The first-order chi connectivity index (χ1) is 30.5. The maximum Gasteiger partial charge on any atom is 0.306 e. The van der Waals surface area contributed by atoms with Crippen molar-refractivity contribution in [3.05, 3.63) is 72.9 Å². The van der Waals surface area contributed by atoms with E-state index in [0.29, 0.717) is 19.3 Å². The van der Waals surface area contributed by atoms with Gasteiger partial charge in [-0.15, -0.1) is 0 Å². The molecule has 0 N–H and O–H groups in total. The summed E-state index contributed by atoms with van der Waals surface area (Å²) in [5, 5.41) is 0. The van der Waals surface area contributed by atoms with Crippen molar-refractivity contribution < 1.29 is 28.6 Å². The highest BCUT2D eigenvalue weighted by molar-refractivity contribution is 5.71. The van der Waals surface area contributed by atoms with Gasteiger partial charge in [0, 0.05) is 19.3 Å². The van der Waals surface area contributed by atoms with Gasteiger partial charge in [-0.05, 0) is 64.2 Å². The Hall–Kier alpha value is -3.15. The zero-order valence-corrected chi connectivity index (χ0v) is 40.6. The van der Waals surface area contributed by atoms with Crippen LogP contribution in [0.1, 0.15) is 245 Å². The molecule has 0 fully saturated rings. The van der Waals surface area contributed by atoms with Crippen LogP contribution in [0, 0.1) is 0 Å². The first-order valence-electron chi connectivity index (χ1n) is 26.0. The lowest BCUT2D eigenvalue weighted by atomic mass is 10.1. The number of esters is 3. The molecule has 1 atom stereocenters. The Kier molecular flexibility index (Phi) is 47.9. The fraction of sp³-hybridized carbons (Fsp3) is 0.732. The number of carbonyl (C=O) groups is 3. The highest BCUT2D eigenvalue weighted by atomic mass is 16.6. The lowest BCUT2D eigenvalue weighted by Crippen LogP contribution is -2.30. The van der Waals surface area contributed by atoms with E-state index in [1.54, 1.807) is 0 Å². The minimum Gasteiger partial charge on any atom is -0.462 e. The molecule has 356 valence electrons. The van der Waals surface area contributed by atoms with E-state index in [4.69, 9.17) is 14.2 Å². The van der Waals surface area contributed by atoms with Crippen molar-refractivity contribution in [2.24, 2.45) is 0 Å². The second kappa shape index (κ2) is 50.5. The molecule has 0 saturated heterocycles. The summed E-state index contributed by atoms with van der Waals surface area (Å²) in [4.78, 5) is 38.0. The number of allylic oxidation sites excluding steroid dienone is 12. The predicted molar refractivity (Wildman–Crippen MR) is 265 cm³/mol. The summed E-state index contributed by atoms with van der Waals surface area (Å²) in [6.45, 7) is 6.51. The minimum atomic E-state index is -0.786. The van der Waals surface area contributed by atoms with Crippen LogP contribution in [0.25, 0.3) is 0 Å². The van der Waals surface area contributed by atoms with Gasteiger partial charge in [-0.1, -0.05) is 235 Å². The summed E-state index contributed by atoms with van der Waals surface area (Å²) in [5.74, 6) is -0.912. The van der Waals surface area contributed by atoms with Crippen LogP contribution in [0.2, 0.25) is 0 Å². The van der Waals surface area contributed by atoms with Crippen molar-refractivity contribution >= 4 is 17.9 Å². The molecular weight excluding hydrogens is 769 g/mol. The zero-order valence-electron chi connectivity index (χ0n) is 40.6. The Balaban J connectivity index is 4.42. The largest absolute Gasteiger partial charge is 0.462 e. The summed E-state index contributed by atoms with van der Waals surface area (Å²) in [5.41, 5.74) is 0. The lowest BCUT2D eigenvalue weighted by Gasteiger charge is -2.18. The Labute approximate surface area is 382 Å². The molecule has 0 bridgehead atoms. The third kappa shape index (κ3) is 47.9. The van der Waals surface area contributed by atoms with Crippen LogP contribution in [-0.4, -0.2) is 37.2 Å². The molecule has 0 heterocycles. The van der Waals surface area contributed by atoms with Gasteiger partial charge in [0.15, 0.2) is 6.10 Å². The van der Waals surface area contributed by atoms with Crippen LogP contribution in [0.4, 0.5) is 0 Å². The number of ether oxygens (including phenoxy) is 3. The SMILES string of the molecule is CCC\C=C/C=C\C=C/C=C\C=C/CCCCCCCC(=O)OCC(COC(=O)CCCCCCCCCCCCC)OC(=O)CCCCCCCCC/C=C\CCCCCC. The molecule has 0 aliphatic rings. The van der Waals surface area contributed by atoms with Crippen molar-refractivity contribution in [2.75, 3.05) is 13.2 Å². The topological polar surface area (TPSA) is 78.9 Å². The fourth-order valence-electron chi connectivity index (χ4n) is 7.11. The maximum absolute atomic E-state index is 12.8. The number of rotatable bonds is 46. The van der Waals surface area contributed by atoms with Crippen molar-refractivity contribution in [3.8, 4) is 0 Å². The third-order valence-corrected chi connectivity index (χ3v) is 11.0. The van der Waals surface area contributed by atoms with Crippen LogP contribution >= 0.6 is 0 Å². The quantitative estimate of drug-likeness (QED) is 0.0199. The molecular formula is C56H96O6. The van der Waals surface area contributed by atoms with Gasteiger partial charge in [0.2, 0.25) is 0 Å². The second-order valence-electron chi connectivity index (χ2n) is 17.2. The molecule has 6 nitrogen and oxygen atoms in total. The van der Waals surface area contributed by atoms with Gasteiger partial charge < -0.3 is 14.2 Å². The molecule has 0 aromatic heterocycles. The summed E-state index contributed by atoms with van der Waals surface area (Å²) >= 11 is 0. The maximum atomic E-state index is 12.8. The second-order valence-corrected chi connectivity index (χ2v) is 17.2. The van der Waals surface area contributed by atoms with Crippen molar-refractivity contribution in [3.63, 3.8) is 0 Å². The van der Waals surface area contributed by atoms with Gasteiger partial charge in [0.1, 0.15) is 13.2 Å². The van der Waals surface area contributed by atoms with E-state index in [-0.39, 0.29) is 31.1 Å². The normalized spacial score (nSPS) is 12.6. The van der Waals surface area contributed by atoms with E-state index < -0.39 is 6.10 Å². The van der Waals surface area contributed by atoms with Crippen molar-refractivity contribution in [2.45, 2.75) is 252 Å². The summed E-state index contributed by atoms with van der Waals surface area (Å²) in [7, 11) is 0. The summed E-state index contributed by atoms with van der Waals surface area (Å²) < 4.78 is 16.8. The molecule has 0 aromatic carbocycles. The number of hydrogen-bond acceptors (Lipinski definition) is 6. The van der Waals surface area contributed by atoms with E-state index in [2.05, 4.69) is 69.4 Å². The van der Waals surface area contributed by atoms with Gasteiger partial charge in [-0.2, -0.15) is 0 Å². The molecule has 0 radical (unpaired) electrons. The molecule has 0 rings (SSSR count).